The lowest BCUT2D eigenvalue weighted by Gasteiger charge is -2.09. The second kappa shape index (κ2) is 8.08. The lowest BCUT2D eigenvalue weighted by molar-refractivity contribution is 0.0695. The quantitative estimate of drug-likeness (QED) is 0.351. The number of aryl methyl sites for hydroxylation is 1. The van der Waals surface area contributed by atoms with Gasteiger partial charge >= 0.3 is 5.97 Å². The molecule has 0 bridgehead atoms. The zero-order valence-corrected chi connectivity index (χ0v) is 18.7. The Labute approximate surface area is 191 Å². The molecule has 5 rings (SSSR count). The molecular formula is C23H19BrN6O2. The van der Waals surface area contributed by atoms with E-state index in [0.29, 0.717) is 34.5 Å². The van der Waals surface area contributed by atoms with E-state index in [1.807, 2.05) is 54.2 Å². The Hall–Kier alpha value is -3.72. The van der Waals surface area contributed by atoms with Crippen molar-refractivity contribution in [3.05, 3.63) is 82.3 Å². The van der Waals surface area contributed by atoms with Crippen molar-refractivity contribution < 1.29 is 9.90 Å². The van der Waals surface area contributed by atoms with Crippen LogP contribution in [0.3, 0.4) is 0 Å². The molecule has 0 radical (unpaired) electrons. The van der Waals surface area contributed by atoms with Crippen LogP contribution in [0.2, 0.25) is 0 Å². The van der Waals surface area contributed by atoms with E-state index in [1.54, 1.807) is 4.52 Å². The van der Waals surface area contributed by atoms with Crippen LogP contribution in [0.5, 0.6) is 0 Å². The lowest BCUT2D eigenvalue weighted by atomic mass is 10.1. The Morgan fingerprint density at radius 3 is 2.72 bits per heavy atom. The third-order valence-electron chi connectivity index (χ3n) is 5.42. The van der Waals surface area contributed by atoms with Crippen LogP contribution in [-0.2, 0) is 13.0 Å². The minimum Gasteiger partial charge on any atom is -0.478 e. The maximum atomic E-state index is 11.8. The Bertz CT molecular complexity index is 1460. The van der Waals surface area contributed by atoms with E-state index >= 15 is 0 Å². The molecule has 0 saturated heterocycles. The smallest absolute Gasteiger partial charge is 0.338 e. The van der Waals surface area contributed by atoms with Gasteiger partial charge in [-0.05, 0) is 51.7 Å². The molecule has 32 heavy (non-hydrogen) atoms. The molecule has 2 N–H and O–H groups in total. The Kier molecular flexibility index (Phi) is 5.10. The number of nitrogens with zero attached hydrogens (tertiary/aromatic N) is 5. The van der Waals surface area contributed by atoms with E-state index in [4.69, 9.17) is 0 Å². The van der Waals surface area contributed by atoms with Crippen LogP contribution in [0.15, 0.2) is 65.7 Å². The highest BCUT2D eigenvalue weighted by atomic mass is 79.9. The molecular weight excluding hydrogens is 472 g/mol. The summed E-state index contributed by atoms with van der Waals surface area (Å²) in [5.74, 6) is -0.460. The van der Waals surface area contributed by atoms with Gasteiger partial charge in [0.2, 0.25) is 0 Å². The third kappa shape index (κ3) is 3.40. The molecule has 3 aromatic heterocycles. The van der Waals surface area contributed by atoms with Gasteiger partial charge in [0.25, 0.3) is 0 Å². The van der Waals surface area contributed by atoms with Gasteiger partial charge in [-0.2, -0.15) is 10.2 Å². The summed E-state index contributed by atoms with van der Waals surface area (Å²) in [5.41, 5.74) is 4.55. The predicted molar refractivity (Wildman–Crippen MR) is 126 cm³/mol. The number of nitrogens with one attached hydrogen (secondary N) is 1. The number of aromatic nitrogens is 5. The lowest BCUT2D eigenvalue weighted by Crippen LogP contribution is -2.02. The van der Waals surface area contributed by atoms with Crippen molar-refractivity contribution in [1.82, 2.24) is 24.4 Å². The average molecular weight is 491 g/mol. The number of aromatic carboxylic acids is 1. The fraction of sp³-hybridized carbons (Fsp3) is 0.130. The first-order valence-electron chi connectivity index (χ1n) is 10.1. The fourth-order valence-electron chi connectivity index (χ4n) is 3.96. The van der Waals surface area contributed by atoms with Crippen LogP contribution in [0.4, 0.5) is 11.5 Å². The van der Waals surface area contributed by atoms with E-state index in [1.165, 1.54) is 11.9 Å². The van der Waals surface area contributed by atoms with Crippen molar-refractivity contribution in [3.63, 3.8) is 0 Å². The van der Waals surface area contributed by atoms with E-state index < -0.39 is 5.97 Å². The molecule has 2 aromatic carbocycles. The molecule has 5 aromatic rings. The molecule has 0 saturated carbocycles. The number of anilines is 2. The normalized spacial score (nSPS) is 11.3. The second-order valence-corrected chi connectivity index (χ2v) is 8.11. The largest absolute Gasteiger partial charge is 0.478 e. The van der Waals surface area contributed by atoms with Gasteiger partial charge in [-0.1, -0.05) is 37.3 Å². The van der Waals surface area contributed by atoms with Crippen molar-refractivity contribution in [2.75, 3.05) is 5.32 Å². The number of carboxylic acid groups (broad SMARTS) is 1. The van der Waals surface area contributed by atoms with E-state index in [-0.39, 0.29) is 5.56 Å². The van der Waals surface area contributed by atoms with E-state index in [0.717, 1.165) is 16.6 Å². The molecule has 0 aliphatic carbocycles. The summed E-state index contributed by atoms with van der Waals surface area (Å²) in [6.45, 7) is 2.61. The second-order valence-electron chi connectivity index (χ2n) is 7.36. The zero-order chi connectivity index (χ0) is 22.2. The van der Waals surface area contributed by atoms with Crippen LogP contribution in [-0.4, -0.2) is 35.5 Å². The first kappa shape index (κ1) is 20.2. The van der Waals surface area contributed by atoms with Gasteiger partial charge in [0.1, 0.15) is 16.4 Å². The maximum Gasteiger partial charge on any atom is 0.338 e. The molecule has 8 nitrogen and oxygen atoms in total. The predicted octanol–water partition coefficient (Wildman–Crippen LogP) is 4.89. The molecule has 0 fully saturated rings. The summed E-state index contributed by atoms with van der Waals surface area (Å²) < 4.78 is 3.93. The first-order chi connectivity index (χ1) is 15.6. The van der Waals surface area contributed by atoms with Crippen LogP contribution in [0.25, 0.3) is 16.4 Å². The SMILES string of the molecule is CCc1c(C(=O)O)c(Br)n2ncnc(Nc3ccc4c(cnn4Cc4ccccc4)c3)c12. The average Bonchev–Trinajstić information content (AvgIpc) is 3.33. The molecule has 3 heterocycles. The van der Waals surface area contributed by atoms with Crippen LogP contribution >= 0.6 is 15.9 Å². The number of fused-ring (bicyclic) bond motifs is 2. The summed E-state index contributed by atoms with van der Waals surface area (Å²) >= 11 is 3.38. The molecule has 9 heteroatoms. The van der Waals surface area contributed by atoms with Gasteiger partial charge in [-0.3, -0.25) is 4.68 Å². The van der Waals surface area contributed by atoms with E-state index in [2.05, 4.69) is 48.6 Å². The minimum atomic E-state index is -1.00. The topological polar surface area (TPSA) is 97.3 Å². The van der Waals surface area contributed by atoms with Gasteiger partial charge in [0, 0.05) is 11.1 Å². The van der Waals surface area contributed by atoms with Gasteiger partial charge in [0.05, 0.1) is 23.8 Å². The summed E-state index contributed by atoms with van der Waals surface area (Å²) in [7, 11) is 0. The van der Waals surface area contributed by atoms with Crippen LogP contribution < -0.4 is 5.32 Å². The fourth-order valence-corrected chi connectivity index (χ4v) is 4.64. The van der Waals surface area contributed by atoms with Gasteiger partial charge in [0.15, 0.2) is 5.82 Å². The maximum absolute atomic E-state index is 11.8. The monoisotopic (exact) mass is 490 g/mol. The minimum absolute atomic E-state index is 0.202. The van der Waals surface area contributed by atoms with Gasteiger partial charge in [-0.25, -0.2) is 14.3 Å². The number of hydrogen-bond donors (Lipinski definition) is 2. The number of benzene rings is 2. The van der Waals surface area contributed by atoms with Crippen molar-refractivity contribution >= 4 is 49.8 Å². The zero-order valence-electron chi connectivity index (χ0n) is 17.2. The number of carbonyl (C=O) groups is 1. The van der Waals surface area contributed by atoms with Crippen molar-refractivity contribution in [2.45, 2.75) is 19.9 Å². The standard InChI is InChI=1S/C23H19BrN6O2/c1-2-17-19(23(31)32)21(24)30-20(17)22(25-13-27-30)28-16-8-9-18-15(10-16)11-26-29(18)12-14-6-4-3-5-7-14/h3-11,13H,2,12H2,1H3,(H,31,32)(H,25,27,28). The molecule has 0 amide bonds. The number of hydrogen-bond acceptors (Lipinski definition) is 5. The van der Waals surface area contributed by atoms with Crippen LogP contribution in [0.1, 0.15) is 28.4 Å². The molecule has 0 atom stereocenters. The molecule has 0 aliphatic heterocycles. The van der Waals surface area contributed by atoms with Gasteiger partial charge < -0.3 is 10.4 Å². The number of halogens is 1. The number of rotatable bonds is 6. The molecule has 0 unspecified atom stereocenters. The highest BCUT2D eigenvalue weighted by molar-refractivity contribution is 9.10. The van der Waals surface area contributed by atoms with Crippen LogP contribution in [0, 0.1) is 0 Å². The Morgan fingerprint density at radius 1 is 1.16 bits per heavy atom. The molecule has 0 spiro atoms. The summed E-state index contributed by atoms with van der Waals surface area (Å²) in [5, 5.41) is 22.8. The Balaban J connectivity index is 1.52. The summed E-state index contributed by atoms with van der Waals surface area (Å²) in [4.78, 5) is 16.2. The van der Waals surface area contributed by atoms with Crippen molar-refractivity contribution in [1.29, 1.82) is 0 Å². The van der Waals surface area contributed by atoms with E-state index in [9.17, 15) is 9.90 Å². The first-order valence-corrected chi connectivity index (χ1v) is 10.9. The highest BCUT2D eigenvalue weighted by Crippen LogP contribution is 2.33. The van der Waals surface area contributed by atoms with Crippen molar-refractivity contribution in [3.8, 4) is 0 Å². The molecule has 160 valence electrons. The van der Waals surface area contributed by atoms with Crippen molar-refractivity contribution in [2.24, 2.45) is 0 Å². The number of carboxylic acids is 1. The highest BCUT2D eigenvalue weighted by Gasteiger charge is 2.24. The van der Waals surface area contributed by atoms with Gasteiger partial charge in [-0.15, -0.1) is 0 Å². The Morgan fingerprint density at radius 2 is 1.97 bits per heavy atom. The third-order valence-corrected chi connectivity index (χ3v) is 6.15. The molecule has 0 aliphatic rings. The summed E-state index contributed by atoms with van der Waals surface area (Å²) in [6.07, 6.45) is 3.78. The summed E-state index contributed by atoms with van der Waals surface area (Å²) in [6, 6.07) is 16.2.